The van der Waals surface area contributed by atoms with E-state index < -0.39 is 21.8 Å². The van der Waals surface area contributed by atoms with Crippen molar-refractivity contribution >= 4 is 10.1 Å². The maximum Gasteiger partial charge on any atom is 0.265 e. The van der Waals surface area contributed by atoms with Crippen molar-refractivity contribution in [1.82, 2.24) is 5.32 Å². The molecule has 0 aliphatic carbocycles. The smallest absolute Gasteiger partial charge is 0.265 e. The fourth-order valence-corrected chi connectivity index (χ4v) is 4.30. The van der Waals surface area contributed by atoms with E-state index in [-0.39, 0.29) is 5.54 Å². The Bertz CT molecular complexity index is 1230. The van der Waals surface area contributed by atoms with E-state index >= 15 is 0 Å². The van der Waals surface area contributed by atoms with Crippen LogP contribution in [0.2, 0.25) is 0 Å². The van der Waals surface area contributed by atoms with Crippen molar-refractivity contribution in [3.05, 3.63) is 83.4 Å². The lowest BCUT2D eigenvalue weighted by Crippen LogP contribution is -2.39. The maximum atomic E-state index is 11.8. The molecule has 2 N–H and O–H groups in total. The van der Waals surface area contributed by atoms with Crippen molar-refractivity contribution in [3.8, 4) is 23.0 Å². The summed E-state index contributed by atoms with van der Waals surface area (Å²) in [6.07, 6.45) is 0. The van der Waals surface area contributed by atoms with E-state index in [1.807, 2.05) is 89.2 Å². The molecule has 1 atom stereocenters. The molecule has 0 aliphatic heterocycles. The molecular formula is C27H33NO5S. The molecule has 182 valence electrons. The predicted octanol–water partition coefficient (Wildman–Crippen LogP) is 6.25. The summed E-state index contributed by atoms with van der Waals surface area (Å²) in [5.74, 6) is 1.46. The third-order valence-electron chi connectivity index (χ3n) is 5.36. The van der Waals surface area contributed by atoms with Gasteiger partial charge in [-0.2, -0.15) is 8.42 Å². The summed E-state index contributed by atoms with van der Waals surface area (Å²) in [5, 5.41) is 3.34. The Morgan fingerprint density at radius 3 is 1.85 bits per heavy atom. The molecule has 0 bridgehead atoms. The number of benzene rings is 3. The summed E-state index contributed by atoms with van der Waals surface area (Å²) in [5.41, 5.74) is 2.44. The molecule has 7 heteroatoms. The number of aryl methyl sites for hydroxylation is 2. The molecule has 0 saturated carbocycles. The third kappa shape index (κ3) is 7.58. The Morgan fingerprint density at radius 2 is 1.35 bits per heavy atom. The second-order valence-electron chi connectivity index (χ2n) is 9.52. The Hall–Kier alpha value is -2.87. The van der Waals surface area contributed by atoms with Crippen LogP contribution in [0.3, 0.4) is 0 Å². The number of nitrogens with one attached hydrogen (secondary N) is 1. The predicted molar refractivity (Wildman–Crippen MR) is 136 cm³/mol. The van der Waals surface area contributed by atoms with Crippen LogP contribution < -0.4 is 14.8 Å². The fraction of sp³-hybridized carbons (Fsp3) is 0.333. The highest BCUT2D eigenvalue weighted by molar-refractivity contribution is 7.85. The Morgan fingerprint density at radius 1 is 0.824 bits per heavy atom. The molecule has 0 aromatic heterocycles. The lowest BCUT2D eigenvalue weighted by molar-refractivity contribution is 0.403. The number of ether oxygens (including phenoxy) is 2. The first-order valence-electron chi connectivity index (χ1n) is 11.2. The van der Waals surface area contributed by atoms with Crippen LogP contribution in [-0.2, 0) is 10.1 Å². The molecular weight excluding hydrogens is 450 g/mol. The fourth-order valence-electron chi connectivity index (χ4n) is 3.48. The zero-order valence-corrected chi connectivity index (χ0v) is 21.1. The van der Waals surface area contributed by atoms with E-state index in [1.165, 1.54) is 0 Å². The molecule has 0 aliphatic rings. The van der Waals surface area contributed by atoms with Gasteiger partial charge in [0.1, 0.15) is 11.5 Å². The summed E-state index contributed by atoms with van der Waals surface area (Å²) in [7, 11) is -4.19. The van der Waals surface area contributed by atoms with Crippen LogP contribution in [0, 0.1) is 13.8 Å². The standard InChI is InChI=1S/C27H33NO5S/c1-19-10-6-8-12-23(19)32-25-15-14-21(16-26(25)33-24-13-9-7-11-20(24)2)22(18-34(29,30)31)17-28-27(3,4)5/h6-16,22,28H,17-18H2,1-5H3,(H,29,30,31). The maximum absolute atomic E-state index is 11.8. The zero-order chi connectivity index (χ0) is 24.9. The van der Waals surface area contributed by atoms with Gasteiger partial charge in [-0.05, 0) is 75.6 Å². The number of hydrogen-bond acceptors (Lipinski definition) is 5. The topological polar surface area (TPSA) is 84.9 Å². The second kappa shape index (κ2) is 10.6. The summed E-state index contributed by atoms with van der Waals surface area (Å²) in [6.45, 7) is 10.3. The van der Waals surface area contributed by atoms with Crippen LogP contribution in [0.4, 0.5) is 0 Å². The van der Waals surface area contributed by atoms with Gasteiger partial charge in [-0.15, -0.1) is 0 Å². The average Bonchev–Trinajstić information content (AvgIpc) is 2.74. The van der Waals surface area contributed by atoms with Gasteiger partial charge in [0.25, 0.3) is 10.1 Å². The lowest BCUT2D eigenvalue weighted by Gasteiger charge is -2.25. The molecule has 3 aromatic rings. The highest BCUT2D eigenvalue weighted by atomic mass is 32.2. The molecule has 0 fully saturated rings. The van der Waals surface area contributed by atoms with E-state index in [1.54, 1.807) is 12.1 Å². The highest BCUT2D eigenvalue weighted by Gasteiger charge is 2.23. The van der Waals surface area contributed by atoms with E-state index in [0.29, 0.717) is 29.5 Å². The molecule has 0 heterocycles. The van der Waals surface area contributed by atoms with Crippen LogP contribution >= 0.6 is 0 Å². The van der Waals surface area contributed by atoms with Crippen molar-refractivity contribution in [2.45, 2.75) is 46.1 Å². The minimum absolute atomic E-state index is 0.216. The minimum atomic E-state index is -4.19. The quantitative estimate of drug-likeness (QED) is 0.350. The molecule has 34 heavy (non-hydrogen) atoms. The molecule has 0 saturated heterocycles. The Labute approximate surface area is 202 Å². The van der Waals surface area contributed by atoms with Crippen molar-refractivity contribution in [3.63, 3.8) is 0 Å². The SMILES string of the molecule is Cc1ccccc1Oc1ccc(C(CNC(C)(C)C)CS(=O)(=O)O)cc1Oc1ccccc1C. The molecule has 0 spiro atoms. The van der Waals surface area contributed by atoms with Crippen LogP contribution in [0.15, 0.2) is 66.7 Å². The monoisotopic (exact) mass is 483 g/mol. The summed E-state index contributed by atoms with van der Waals surface area (Å²) in [4.78, 5) is 0. The van der Waals surface area contributed by atoms with Gasteiger partial charge >= 0.3 is 0 Å². The summed E-state index contributed by atoms with van der Waals surface area (Å²) < 4.78 is 45.6. The van der Waals surface area contributed by atoms with Gasteiger partial charge < -0.3 is 14.8 Å². The molecule has 3 aromatic carbocycles. The van der Waals surface area contributed by atoms with Gasteiger partial charge in [0.15, 0.2) is 11.5 Å². The summed E-state index contributed by atoms with van der Waals surface area (Å²) in [6, 6.07) is 20.7. The molecule has 0 radical (unpaired) electrons. The van der Waals surface area contributed by atoms with Gasteiger partial charge in [-0.25, -0.2) is 0 Å². The lowest BCUT2D eigenvalue weighted by atomic mass is 9.98. The first-order chi connectivity index (χ1) is 15.9. The van der Waals surface area contributed by atoms with E-state index in [9.17, 15) is 13.0 Å². The van der Waals surface area contributed by atoms with Crippen molar-refractivity contribution < 1.29 is 22.4 Å². The van der Waals surface area contributed by atoms with Crippen LogP contribution in [0.25, 0.3) is 0 Å². The van der Waals surface area contributed by atoms with Gasteiger partial charge in [0.05, 0.1) is 5.75 Å². The summed E-state index contributed by atoms with van der Waals surface area (Å²) >= 11 is 0. The first-order valence-corrected chi connectivity index (χ1v) is 12.8. The van der Waals surface area contributed by atoms with Crippen LogP contribution in [0.5, 0.6) is 23.0 Å². The molecule has 0 amide bonds. The first kappa shape index (κ1) is 25.7. The van der Waals surface area contributed by atoms with Crippen molar-refractivity contribution in [2.24, 2.45) is 0 Å². The van der Waals surface area contributed by atoms with Crippen molar-refractivity contribution in [1.29, 1.82) is 0 Å². The van der Waals surface area contributed by atoms with Crippen molar-refractivity contribution in [2.75, 3.05) is 12.3 Å². The molecule has 6 nitrogen and oxygen atoms in total. The van der Waals surface area contributed by atoms with Gasteiger partial charge in [-0.3, -0.25) is 4.55 Å². The van der Waals surface area contributed by atoms with Gasteiger partial charge in [0, 0.05) is 18.0 Å². The van der Waals surface area contributed by atoms with E-state index in [4.69, 9.17) is 9.47 Å². The van der Waals surface area contributed by atoms with Crippen LogP contribution in [0.1, 0.15) is 43.4 Å². The average molecular weight is 484 g/mol. The molecule has 3 rings (SSSR count). The van der Waals surface area contributed by atoms with Gasteiger partial charge in [-0.1, -0.05) is 42.5 Å². The minimum Gasteiger partial charge on any atom is -0.453 e. The zero-order valence-electron chi connectivity index (χ0n) is 20.3. The number of para-hydroxylation sites is 2. The second-order valence-corrected chi connectivity index (χ2v) is 11.0. The highest BCUT2D eigenvalue weighted by Crippen LogP contribution is 2.39. The number of rotatable bonds is 9. The Balaban J connectivity index is 2.03. The largest absolute Gasteiger partial charge is 0.453 e. The number of hydrogen-bond donors (Lipinski definition) is 2. The van der Waals surface area contributed by atoms with E-state index in [0.717, 1.165) is 16.7 Å². The van der Waals surface area contributed by atoms with Gasteiger partial charge in [0.2, 0.25) is 0 Å². The normalized spacial score (nSPS) is 12.9. The van der Waals surface area contributed by atoms with Crippen LogP contribution in [-0.4, -0.2) is 30.8 Å². The molecule has 1 unspecified atom stereocenters. The Kier molecular flexibility index (Phi) is 8.02. The van der Waals surface area contributed by atoms with E-state index in [2.05, 4.69) is 5.32 Å². The third-order valence-corrected chi connectivity index (χ3v) is 6.18.